The molecule has 1 heterocycles. The highest BCUT2D eigenvalue weighted by Gasteiger charge is 2.09. The van der Waals surface area contributed by atoms with Crippen LogP contribution in [0.25, 0.3) is 0 Å². The van der Waals surface area contributed by atoms with Crippen molar-refractivity contribution < 1.29 is 9.47 Å². The van der Waals surface area contributed by atoms with Crippen LogP contribution in [0.15, 0.2) is 34.9 Å². The van der Waals surface area contributed by atoms with Crippen molar-refractivity contribution >= 4 is 27.5 Å². The summed E-state index contributed by atoms with van der Waals surface area (Å²) < 4.78 is 11.7. The first-order chi connectivity index (χ1) is 10.1. The molecule has 0 radical (unpaired) electrons. The van der Waals surface area contributed by atoms with Crippen molar-refractivity contribution in [2.24, 2.45) is 0 Å². The lowest BCUT2D eigenvalue weighted by Gasteiger charge is -2.10. The van der Waals surface area contributed by atoms with Gasteiger partial charge in [0.1, 0.15) is 16.5 Å². The minimum Gasteiger partial charge on any atom is -0.497 e. The summed E-state index contributed by atoms with van der Waals surface area (Å²) in [6.45, 7) is 3.68. The number of ether oxygens (including phenoxy) is 2. The van der Waals surface area contributed by atoms with Crippen LogP contribution in [-0.4, -0.2) is 18.6 Å². The highest BCUT2D eigenvalue weighted by Crippen LogP contribution is 2.34. The Kier molecular flexibility index (Phi) is 5.85. The minimum atomic E-state index is 0.378. The van der Waals surface area contributed by atoms with Crippen LogP contribution in [0.1, 0.15) is 12.5 Å². The number of benzene rings is 1. The van der Waals surface area contributed by atoms with Crippen molar-refractivity contribution in [1.82, 2.24) is 10.3 Å². The molecule has 0 aliphatic heterocycles. The summed E-state index contributed by atoms with van der Waals surface area (Å²) in [5, 5.41) is 3.70. The van der Waals surface area contributed by atoms with Gasteiger partial charge in [-0.15, -0.1) is 0 Å². The van der Waals surface area contributed by atoms with E-state index >= 15 is 0 Å². The molecule has 0 atom stereocenters. The van der Waals surface area contributed by atoms with Gasteiger partial charge in [-0.05, 0) is 52.3 Å². The Morgan fingerprint density at radius 1 is 1.33 bits per heavy atom. The third-order valence-corrected chi connectivity index (χ3v) is 3.68. The van der Waals surface area contributed by atoms with Crippen LogP contribution in [0.2, 0.25) is 5.02 Å². The fraction of sp³-hybridized carbons (Fsp3) is 0.267. The number of rotatable bonds is 6. The van der Waals surface area contributed by atoms with Gasteiger partial charge in [0.15, 0.2) is 0 Å². The van der Waals surface area contributed by atoms with Gasteiger partial charge in [0.05, 0.1) is 11.6 Å². The smallest absolute Gasteiger partial charge is 0.238 e. The van der Waals surface area contributed by atoms with Gasteiger partial charge >= 0.3 is 0 Å². The maximum Gasteiger partial charge on any atom is 0.238 e. The first-order valence-electron chi connectivity index (χ1n) is 6.50. The summed E-state index contributed by atoms with van der Waals surface area (Å²) in [5.74, 6) is 1.75. The van der Waals surface area contributed by atoms with Gasteiger partial charge in [-0.1, -0.05) is 18.5 Å². The fourth-order valence-corrected chi connectivity index (χ4v) is 2.37. The number of nitrogens with one attached hydrogen (secondary N) is 1. The predicted octanol–water partition coefficient (Wildman–Crippen LogP) is 4.41. The Bertz CT molecular complexity index is 623. The Hall–Kier alpha value is -1.30. The Balaban J connectivity index is 2.16. The minimum absolute atomic E-state index is 0.378. The molecule has 0 fully saturated rings. The maximum absolute atomic E-state index is 6.21. The zero-order chi connectivity index (χ0) is 15.2. The highest BCUT2D eigenvalue weighted by atomic mass is 79.9. The van der Waals surface area contributed by atoms with E-state index in [4.69, 9.17) is 21.1 Å². The molecule has 0 bridgehead atoms. The SMILES string of the molecule is CCNCc1cnc(Oc2ccc(OC)cc2Br)c(Cl)c1. The molecule has 112 valence electrons. The first-order valence-corrected chi connectivity index (χ1v) is 7.67. The molecule has 1 N–H and O–H groups in total. The van der Waals surface area contributed by atoms with Crippen molar-refractivity contribution in [3.63, 3.8) is 0 Å². The molecule has 0 aliphatic carbocycles. The van der Waals surface area contributed by atoms with Crippen molar-refractivity contribution in [3.8, 4) is 17.4 Å². The monoisotopic (exact) mass is 370 g/mol. The van der Waals surface area contributed by atoms with Crippen LogP contribution < -0.4 is 14.8 Å². The second-order valence-corrected chi connectivity index (χ2v) is 5.57. The molecule has 6 heteroatoms. The third kappa shape index (κ3) is 4.33. The van der Waals surface area contributed by atoms with E-state index in [1.807, 2.05) is 25.1 Å². The summed E-state index contributed by atoms with van der Waals surface area (Å²) in [5.41, 5.74) is 1.02. The van der Waals surface area contributed by atoms with Gasteiger partial charge in [0.2, 0.25) is 5.88 Å². The molecule has 4 nitrogen and oxygen atoms in total. The van der Waals surface area contributed by atoms with Crippen molar-refractivity contribution in [3.05, 3.63) is 45.5 Å². The molecule has 0 saturated heterocycles. The summed E-state index contributed by atoms with van der Waals surface area (Å²) in [6.07, 6.45) is 1.75. The molecule has 1 aromatic heterocycles. The van der Waals surface area contributed by atoms with Crippen LogP contribution in [0, 0.1) is 0 Å². The number of methoxy groups -OCH3 is 1. The van der Waals surface area contributed by atoms with E-state index in [9.17, 15) is 0 Å². The average Bonchev–Trinajstić information content (AvgIpc) is 2.49. The lowest BCUT2D eigenvalue weighted by atomic mass is 10.3. The molecule has 2 aromatic rings. The second kappa shape index (κ2) is 7.64. The number of hydrogen-bond acceptors (Lipinski definition) is 4. The van der Waals surface area contributed by atoms with Crippen molar-refractivity contribution in [2.45, 2.75) is 13.5 Å². The van der Waals surface area contributed by atoms with Gasteiger partial charge in [-0.2, -0.15) is 0 Å². The summed E-state index contributed by atoms with van der Waals surface area (Å²) in [7, 11) is 1.61. The number of pyridine rings is 1. The molecule has 0 spiro atoms. The van der Waals surface area contributed by atoms with Crippen LogP contribution in [0.5, 0.6) is 17.4 Å². The van der Waals surface area contributed by atoms with Crippen LogP contribution in [0.3, 0.4) is 0 Å². The summed E-state index contributed by atoms with van der Waals surface area (Å²) in [4.78, 5) is 4.26. The molecule has 2 rings (SSSR count). The predicted molar refractivity (Wildman–Crippen MR) is 87.4 cm³/mol. The zero-order valence-electron chi connectivity index (χ0n) is 11.8. The van der Waals surface area contributed by atoms with Crippen LogP contribution >= 0.6 is 27.5 Å². The third-order valence-electron chi connectivity index (χ3n) is 2.79. The molecule has 0 unspecified atom stereocenters. The Morgan fingerprint density at radius 2 is 2.14 bits per heavy atom. The summed E-state index contributed by atoms with van der Waals surface area (Å²) >= 11 is 9.65. The van der Waals surface area contributed by atoms with E-state index in [1.165, 1.54) is 0 Å². The van der Waals surface area contributed by atoms with E-state index in [2.05, 4.69) is 26.2 Å². The number of halogens is 2. The Labute approximate surface area is 137 Å². The average molecular weight is 372 g/mol. The fourth-order valence-electron chi connectivity index (χ4n) is 1.70. The first kappa shape index (κ1) is 16.1. The molecule has 21 heavy (non-hydrogen) atoms. The van der Waals surface area contributed by atoms with E-state index in [0.717, 1.165) is 28.9 Å². The number of aromatic nitrogens is 1. The Morgan fingerprint density at radius 3 is 2.76 bits per heavy atom. The van der Waals surface area contributed by atoms with Crippen molar-refractivity contribution in [2.75, 3.05) is 13.7 Å². The number of hydrogen-bond donors (Lipinski definition) is 1. The topological polar surface area (TPSA) is 43.4 Å². The second-order valence-electron chi connectivity index (χ2n) is 4.31. The molecule has 0 amide bonds. The molecular formula is C15H16BrClN2O2. The lowest BCUT2D eigenvalue weighted by molar-refractivity contribution is 0.411. The maximum atomic E-state index is 6.21. The van der Waals surface area contributed by atoms with Gasteiger partial charge in [0, 0.05) is 12.7 Å². The molecule has 0 aliphatic rings. The van der Waals surface area contributed by atoms with E-state index < -0.39 is 0 Å². The molecule has 1 aromatic carbocycles. The van der Waals surface area contributed by atoms with Crippen LogP contribution in [0.4, 0.5) is 0 Å². The highest BCUT2D eigenvalue weighted by molar-refractivity contribution is 9.10. The number of nitrogens with zero attached hydrogens (tertiary/aromatic N) is 1. The van der Waals surface area contributed by atoms with Gasteiger partial charge in [-0.3, -0.25) is 0 Å². The van der Waals surface area contributed by atoms with Crippen LogP contribution in [-0.2, 0) is 6.54 Å². The van der Waals surface area contributed by atoms with E-state index in [0.29, 0.717) is 16.7 Å². The summed E-state index contributed by atoms with van der Waals surface area (Å²) in [6, 6.07) is 7.29. The largest absolute Gasteiger partial charge is 0.497 e. The van der Waals surface area contributed by atoms with Gasteiger partial charge in [0.25, 0.3) is 0 Å². The van der Waals surface area contributed by atoms with E-state index in [1.54, 1.807) is 19.4 Å². The molecular weight excluding hydrogens is 356 g/mol. The molecule has 0 saturated carbocycles. The normalized spacial score (nSPS) is 10.5. The van der Waals surface area contributed by atoms with Gasteiger partial charge < -0.3 is 14.8 Å². The quantitative estimate of drug-likeness (QED) is 0.817. The lowest BCUT2D eigenvalue weighted by Crippen LogP contribution is -2.11. The zero-order valence-corrected chi connectivity index (χ0v) is 14.2. The van der Waals surface area contributed by atoms with Gasteiger partial charge in [-0.25, -0.2) is 4.98 Å². The van der Waals surface area contributed by atoms with Crippen molar-refractivity contribution in [1.29, 1.82) is 0 Å². The standard InChI is InChI=1S/C15H16BrClN2O2/c1-3-18-8-10-6-13(17)15(19-9-10)21-14-5-4-11(20-2)7-12(14)16/h4-7,9,18H,3,8H2,1-2H3. The van der Waals surface area contributed by atoms with E-state index in [-0.39, 0.29) is 0 Å².